The Labute approximate surface area is 152 Å². The quantitative estimate of drug-likeness (QED) is 0.659. The van der Waals surface area contributed by atoms with Crippen molar-refractivity contribution < 1.29 is 4.79 Å². The van der Waals surface area contributed by atoms with Crippen LogP contribution in [-0.2, 0) is 12.8 Å². The number of benzene rings is 2. The molecule has 0 bridgehead atoms. The molecule has 132 valence electrons. The zero-order valence-electron chi connectivity index (χ0n) is 14.6. The van der Waals surface area contributed by atoms with Crippen LogP contribution in [0.3, 0.4) is 0 Å². The Hall–Kier alpha value is -3.15. The summed E-state index contributed by atoms with van der Waals surface area (Å²) < 4.78 is 0. The fourth-order valence-electron chi connectivity index (χ4n) is 3.37. The molecular weight excluding hydrogens is 326 g/mol. The minimum Gasteiger partial charge on any atom is -0.344 e. The molecule has 0 saturated heterocycles. The molecule has 0 spiro atoms. The molecule has 1 aliphatic carbocycles. The largest absolute Gasteiger partial charge is 0.344 e. The van der Waals surface area contributed by atoms with E-state index in [-0.39, 0.29) is 17.6 Å². The molecule has 0 fully saturated rings. The highest BCUT2D eigenvalue weighted by molar-refractivity contribution is 5.97. The lowest BCUT2D eigenvalue weighted by molar-refractivity contribution is 0.0932. The van der Waals surface area contributed by atoms with Gasteiger partial charge in [-0.25, -0.2) is 0 Å². The summed E-state index contributed by atoms with van der Waals surface area (Å²) in [5, 5.41) is 16.9. The Morgan fingerprint density at radius 1 is 1.15 bits per heavy atom. The highest BCUT2D eigenvalue weighted by Gasteiger charge is 2.26. The Kier molecular flexibility index (Phi) is 4.39. The summed E-state index contributed by atoms with van der Waals surface area (Å²) in [6.45, 7) is 2.11. The Balaban J connectivity index is 1.48. The van der Waals surface area contributed by atoms with Crippen LogP contribution >= 0.6 is 0 Å². The summed E-state index contributed by atoms with van der Waals surface area (Å²) in [6.07, 6.45) is 2.87. The minimum absolute atomic E-state index is 0.0205. The molecule has 3 N–H and O–H groups in total. The monoisotopic (exact) mass is 347 g/mol. The van der Waals surface area contributed by atoms with Crippen LogP contribution < -0.4 is 10.6 Å². The van der Waals surface area contributed by atoms with E-state index in [9.17, 15) is 4.79 Å². The predicted octanol–water partition coefficient (Wildman–Crippen LogP) is 3.53. The zero-order chi connectivity index (χ0) is 17.9. The first kappa shape index (κ1) is 16.3. The number of hydrogen-bond donors (Lipinski definition) is 3. The van der Waals surface area contributed by atoms with Crippen molar-refractivity contribution in [1.29, 1.82) is 0 Å². The maximum Gasteiger partial charge on any atom is 0.276 e. The van der Waals surface area contributed by atoms with Crippen molar-refractivity contribution in [1.82, 2.24) is 20.7 Å². The lowest BCUT2D eigenvalue weighted by Crippen LogP contribution is -2.28. The highest BCUT2D eigenvalue weighted by Crippen LogP contribution is 2.31. The van der Waals surface area contributed by atoms with Crippen molar-refractivity contribution in [3.8, 4) is 0 Å². The molecule has 2 aromatic carbocycles. The number of rotatable bonds is 5. The van der Waals surface area contributed by atoms with Crippen molar-refractivity contribution in [3.05, 3.63) is 70.9 Å². The van der Waals surface area contributed by atoms with Gasteiger partial charge in [0, 0.05) is 5.69 Å². The molecule has 1 aromatic heterocycles. The van der Waals surface area contributed by atoms with Gasteiger partial charge >= 0.3 is 0 Å². The van der Waals surface area contributed by atoms with Crippen molar-refractivity contribution in [2.45, 2.75) is 32.2 Å². The molecular formula is C20H21N5O. The second-order valence-electron chi connectivity index (χ2n) is 6.46. The topological polar surface area (TPSA) is 82.7 Å². The third-order valence-electron chi connectivity index (χ3n) is 4.83. The summed E-state index contributed by atoms with van der Waals surface area (Å²) in [5.41, 5.74) is 4.89. The molecule has 0 saturated carbocycles. The number of fused-ring (bicyclic) bond motifs is 1. The van der Waals surface area contributed by atoms with E-state index in [1.165, 1.54) is 16.7 Å². The first-order valence-electron chi connectivity index (χ1n) is 8.90. The number of nitrogens with one attached hydrogen (secondary N) is 3. The lowest BCUT2D eigenvalue weighted by atomic mass is 10.1. The van der Waals surface area contributed by atoms with E-state index in [4.69, 9.17) is 0 Å². The number of aryl methyl sites for hydroxylation is 2. The van der Waals surface area contributed by atoms with E-state index in [0.29, 0.717) is 5.82 Å². The SMILES string of the molecule is CCc1ccc(Nc2n[nH]nc2C(=O)N[C@H]2CCc3ccccc32)cc1. The van der Waals surface area contributed by atoms with Gasteiger partial charge in [-0.3, -0.25) is 4.79 Å². The van der Waals surface area contributed by atoms with Gasteiger partial charge in [0.2, 0.25) is 0 Å². The van der Waals surface area contributed by atoms with E-state index in [0.717, 1.165) is 24.9 Å². The van der Waals surface area contributed by atoms with Crippen LogP contribution in [-0.4, -0.2) is 21.3 Å². The summed E-state index contributed by atoms with van der Waals surface area (Å²) in [7, 11) is 0. The smallest absolute Gasteiger partial charge is 0.276 e. The van der Waals surface area contributed by atoms with Gasteiger partial charge in [-0.2, -0.15) is 5.21 Å². The van der Waals surface area contributed by atoms with Gasteiger partial charge in [0.1, 0.15) is 0 Å². The average molecular weight is 347 g/mol. The number of aromatic nitrogens is 3. The van der Waals surface area contributed by atoms with Crippen LogP contribution in [0, 0.1) is 0 Å². The number of aromatic amines is 1. The molecule has 0 aliphatic heterocycles. The lowest BCUT2D eigenvalue weighted by Gasteiger charge is -2.13. The summed E-state index contributed by atoms with van der Waals surface area (Å²) in [6, 6.07) is 16.3. The Morgan fingerprint density at radius 2 is 1.96 bits per heavy atom. The van der Waals surface area contributed by atoms with Gasteiger partial charge in [0.05, 0.1) is 6.04 Å². The number of H-pyrrole nitrogens is 1. The number of carbonyl (C=O) groups excluding carboxylic acids is 1. The molecule has 6 nitrogen and oxygen atoms in total. The van der Waals surface area contributed by atoms with Crippen LogP contribution in [0.4, 0.5) is 11.5 Å². The standard InChI is InChI=1S/C20H21N5O/c1-2-13-7-10-15(11-8-13)21-19-18(23-25-24-19)20(26)22-17-12-9-14-5-3-4-6-16(14)17/h3-8,10-11,17H,2,9,12H2,1H3,(H,22,26)(H2,21,23,24,25)/t17-/m0/s1. The molecule has 3 aromatic rings. The maximum atomic E-state index is 12.7. The van der Waals surface area contributed by atoms with Gasteiger partial charge in [0.25, 0.3) is 5.91 Å². The van der Waals surface area contributed by atoms with Crippen LogP contribution in [0.1, 0.15) is 46.6 Å². The third-order valence-corrected chi connectivity index (χ3v) is 4.83. The van der Waals surface area contributed by atoms with Gasteiger partial charge in [-0.05, 0) is 48.1 Å². The maximum absolute atomic E-state index is 12.7. The molecule has 1 aliphatic rings. The van der Waals surface area contributed by atoms with E-state index >= 15 is 0 Å². The summed E-state index contributed by atoms with van der Waals surface area (Å²) in [4.78, 5) is 12.7. The van der Waals surface area contributed by atoms with Crippen LogP contribution in [0.5, 0.6) is 0 Å². The third kappa shape index (κ3) is 3.18. The Bertz CT molecular complexity index is 916. The van der Waals surface area contributed by atoms with Crippen molar-refractivity contribution in [3.63, 3.8) is 0 Å². The fourth-order valence-corrected chi connectivity index (χ4v) is 3.37. The molecule has 26 heavy (non-hydrogen) atoms. The first-order chi connectivity index (χ1) is 12.7. The van der Waals surface area contributed by atoms with E-state index in [2.05, 4.69) is 57.2 Å². The zero-order valence-corrected chi connectivity index (χ0v) is 14.6. The molecule has 0 radical (unpaired) electrons. The molecule has 4 rings (SSSR count). The van der Waals surface area contributed by atoms with E-state index < -0.39 is 0 Å². The molecule has 0 unspecified atom stereocenters. The number of nitrogens with zero attached hydrogens (tertiary/aromatic N) is 2. The minimum atomic E-state index is -0.229. The average Bonchev–Trinajstić information content (AvgIpc) is 3.30. The second kappa shape index (κ2) is 7.00. The summed E-state index contributed by atoms with van der Waals surface area (Å²) >= 11 is 0. The van der Waals surface area contributed by atoms with Crippen LogP contribution in [0.25, 0.3) is 0 Å². The van der Waals surface area contributed by atoms with Crippen LogP contribution in [0.2, 0.25) is 0 Å². The van der Waals surface area contributed by atoms with Gasteiger partial charge in [0.15, 0.2) is 11.5 Å². The Morgan fingerprint density at radius 3 is 2.77 bits per heavy atom. The normalized spacial score (nSPS) is 15.5. The molecule has 1 heterocycles. The molecule has 1 amide bonds. The van der Waals surface area contributed by atoms with Gasteiger partial charge in [-0.15, -0.1) is 10.2 Å². The number of carbonyl (C=O) groups is 1. The second-order valence-corrected chi connectivity index (χ2v) is 6.46. The highest BCUT2D eigenvalue weighted by atomic mass is 16.2. The summed E-state index contributed by atoms with van der Waals surface area (Å²) in [5.74, 6) is 0.200. The van der Waals surface area contributed by atoms with Crippen LogP contribution in [0.15, 0.2) is 48.5 Å². The predicted molar refractivity (Wildman–Crippen MR) is 100 cm³/mol. The van der Waals surface area contributed by atoms with Crippen molar-refractivity contribution in [2.24, 2.45) is 0 Å². The van der Waals surface area contributed by atoms with Gasteiger partial charge < -0.3 is 10.6 Å². The van der Waals surface area contributed by atoms with E-state index in [1.54, 1.807) is 0 Å². The first-order valence-corrected chi connectivity index (χ1v) is 8.90. The van der Waals surface area contributed by atoms with E-state index in [1.807, 2.05) is 24.3 Å². The van der Waals surface area contributed by atoms with Crippen molar-refractivity contribution in [2.75, 3.05) is 5.32 Å². The van der Waals surface area contributed by atoms with Crippen molar-refractivity contribution >= 4 is 17.4 Å². The molecule has 6 heteroatoms. The number of amides is 1. The molecule has 1 atom stereocenters. The number of anilines is 2. The fraction of sp³-hybridized carbons (Fsp3) is 0.250. The number of hydrogen-bond acceptors (Lipinski definition) is 4. The van der Waals surface area contributed by atoms with Gasteiger partial charge in [-0.1, -0.05) is 43.3 Å².